The minimum atomic E-state index is -4.48. The molecule has 0 amide bonds. The average molecular weight is 328 g/mol. The molecule has 6 heteroatoms. The lowest BCUT2D eigenvalue weighted by Crippen LogP contribution is -2.06. The van der Waals surface area contributed by atoms with Gasteiger partial charge in [-0.1, -0.05) is 18.2 Å². The second kappa shape index (κ2) is 6.23. The normalized spacial score (nSPS) is 12.0. The van der Waals surface area contributed by atoms with Gasteiger partial charge in [-0.25, -0.2) is 4.98 Å². The highest BCUT2D eigenvalue weighted by molar-refractivity contribution is 6.06. The molecule has 0 aliphatic heterocycles. The predicted molar refractivity (Wildman–Crippen MR) is 84.3 cm³/mol. The molecule has 0 saturated heterocycles. The molecule has 3 rings (SSSR count). The molecule has 0 aliphatic carbocycles. The van der Waals surface area contributed by atoms with E-state index in [2.05, 4.69) is 9.97 Å². The largest absolute Gasteiger partial charge is 0.418 e. The number of nitrogens with zero attached hydrogens (tertiary/aromatic N) is 2. The molecule has 0 atom stereocenters. The molecular weight excluding hydrogens is 317 g/mol. The van der Waals surface area contributed by atoms with Crippen LogP contribution in [0.3, 0.4) is 0 Å². The first-order chi connectivity index (χ1) is 11.4. The monoisotopic (exact) mass is 328 g/mol. The number of ketones is 1. The topological polar surface area (TPSA) is 42.9 Å². The molecule has 0 fully saturated rings. The molecule has 24 heavy (non-hydrogen) atoms. The summed E-state index contributed by atoms with van der Waals surface area (Å²) in [4.78, 5) is 19.8. The first-order valence-corrected chi connectivity index (χ1v) is 7.04. The molecule has 0 spiro atoms. The van der Waals surface area contributed by atoms with E-state index in [1.54, 1.807) is 30.3 Å². The summed E-state index contributed by atoms with van der Waals surface area (Å²) < 4.78 is 39.2. The fraction of sp³-hybridized carbons (Fsp3) is 0.0556. The third-order valence-electron chi connectivity index (χ3n) is 3.42. The molecule has 0 bridgehead atoms. The van der Waals surface area contributed by atoms with Gasteiger partial charge in [0.1, 0.15) is 0 Å². The molecular formula is C18H11F3N2O. The van der Waals surface area contributed by atoms with E-state index in [-0.39, 0.29) is 17.0 Å². The zero-order chi connectivity index (χ0) is 17.2. The van der Waals surface area contributed by atoms with Crippen LogP contribution in [0.4, 0.5) is 13.2 Å². The van der Waals surface area contributed by atoms with E-state index in [1.165, 1.54) is 30.6 Å². The minimum absolute atomic E-state index is 0.136. The Morgan fingerprint density at radius 2 is 1.75 bits per heavy atom. The van der Waals surface area contributed by atoms with E-state index in [1.807, 2.05) is 0 Å². The van der Waals surface area contributed by atoms with Gasteiger partial charge >= 0.3 is 6.18 Å². The number of benzene rings is 1. The standard InChI is InChI=1S/C18H11F3N2O/c19-18(20,21)15-3-1-2-13-4-5-14(23-17(13)15)6-7-16(24)12-8-10-22-11-9-12/h1-11H. The van der Waals surface area contributed by atoms with Crippen molar-refractivity contribution in [1.82, 2.24) is 9.97 Å². The van der Waals surface area contributed by atoms with Crippen molar-refractivity contribution in [2.24, 2.45) is 0 Å². The van der Waals surface area contributed by atoms with Gasteiger partial charge in [0.25, 0.3) is 0 Å². The zero-order valence-electron chi connectivity index (χ0n) is 12.3. The van der Waals surface area contributed by atoms with Crippen LogP contribution in [-0.2, 0) is 6.18 Å². The molecule has 0 aliphatic rings. The summed E-state index contributed by atoms with van der Waals surface area (Å²) in [7, 11) is 0. The Kier molecular flexibility index (Phi) is 4.12. The van der Waals surface area contributed by atoms with Gasteiger partial charge in [-0.15, -0.1) is 0 Å². The van der Waals surface area contributed by atoms with E-state index in [4.69, 9.17) is 0 Å². The Bertz CT molecular complexity index is 918. The Hall–Kier alpha value is -3.02. The second-order valence-electron chi connectivity index (χ2n) is 5.04. The SMILES string of the molecule is O=C(C=Cc1ccc2cccc(C(F)(F)F)c2n1)c1ccncc1. The predicted octanol–water partition coefficient (Wildman–Crippen LogP) is 4.54. The molecule has 120 valence electrons. The molecule has 3 aromatic rings. The van der Waals surface area contributed by atoms with Crippen LogP contribution in [0.15, 0.2) is 60.9 Å². The number of rotatable bonds is 3. The van der Waals surface area contributed by atoms with Gasteiger partial charge in [0.2, 0.25) is 0 Å². The third-order valence-corrected chi connectivity index (χ3v) is 3.42. The van der Waals surface area contributed by atoms with Gasteiger partial charge in [-0.05, 0) is 36.4 Å². The molecule has 0 N–H and O–H groups in total. The Morgan fingerprint density at radius 1 is 1.00 bits per heavy atom. The van der Waals surface area contributed by atoms with Crippen LogP contribution in [0.25, 0.3) is 17.0 Å². The van der Waals surface area contributed by atoms with E-state index < -0.39 is 11.7 Å². The summed E-state index contributed by atoms with van der Waals surface area (Å²) in [6.07, 6.45) is 1.17. The summed E-state index contributed by atoms with van der Waals surface area (Å²) in [5, 5.41) is 0.391. The van der Waals surface area contributed by atoms with E-state index >= 15 is 0 Å². The van der Waals surface area contributed by atoms with Crippen molar-refractivity contribution < 1.29 is 18.0 Å². The maximum atomic E-state index is 13.1. The van der Waals surface area contributed by atoms with Crippen molar-refractivity contribution in [1.29, 1.82) is 0 Å². The molecule has 0 saturated carbocycles. The molecule has 0 unspecified atom stereocenters. The Balaban J connectivity index is 1.96. The van der Waals surface area contributed by atoms with E-state index in [0.717, 1.165) is 6.07 Å². The minimum Gasteiger partial charge on any atom is -0.289 e. The molecule has 3 nitrogen and oxygen atoms in total. The molecule has 2 aromatic heterocycles. The number of hydrogen-bond acceptors (Lipinski definition) is 3. The third kappa shape index (κ3) is 3.32. The van der Waals surface area contributed by atoms with Crippen LogP contribution >= 0.6 is 0 Å². The highest BCUT2D eigenvalue weighted by Gasteiger charge is 2.33. The lowest BCUT2D eigenvalue weighted by Gasteiger charge is -2.09. The van der Waals surface area contributed by atoms with Gasteiger partial charge in [-0.3, -0.25) is 9.78 Å². The summed E-state index contributed by atoms with van der Waals surface area (Å²) in [5.41, 5.74) is -0.209. The number of aromatic nitrogens is 2. The maximum absolute atomic E-state index is 13.1. The Morgan fingerprint density at radius 3 is 2.46 bits per heavy atom. The lowest BCUT2D eigenvalue weighted by molar-refractivity contribution is -0.136. The Labute approximate surface area is 135 Å². The fourth-order valence-electron chi connectivity index (χ4n) is 2.26. The first kappa shape index (κ1) is 15.9. The fourth-order valence-corrected chi connectivity index (χ4v) is 2.26. The van der Waals surface area contributed by atoms with Crippen molar-refractivity contribution in [2.45, 2.75) is 6.18 Å². The number of para-hydroxylation sites is 1. The molecule has 1 aromatic carbocycles. The highest BCUT2D eigenvalue weighted by atomic mass is 19.4. The number of allylic oxidation sites excluding steroid dienone is 1. The van der Waals surface area contributed by atoms with Crippen LogP contribution in [0.2, 0.25) is 0 Å². The number of carbonyl (C=O) groups excluding carboxylic acids is 1. The lowest BCUT2D eigenvalue weighted by atomic mass is 10.1. The average Bonchev–Trinajstić information content (AvgIpc) is 2.59. The van der Waals surface area contributed by atoms with E-state index in [9.17, 15) is 18.0 Å². The smallest absolute Gasteiger partial charge is 0.289 e. The van der Waals surface area contributed by atoms with E-state index in [0.29, 0.717) is 10.9 Å². The van der Waals surface area contributed by atoms with Crippen LogP contribution in [0.1, 0.15) is 21.6 Å². The van der Waals surface area contributed by atoms with Crippen LogP contribution in [0, 0.1) is 0 Å². The van der Waals surface area contributed by atoms with Crippen molar-refractivity contribution in [3.05, 3.63) is 77.8 Å². The summed E-state index contributed by atoms with van der Waals surface area (Å²) in [5.74, 6) is -0.275. The number of halogens is 3. The van der Waals surface area contributed by atoms with Crippen LogP contribution < -0.4 is 0 Å². The van der Waals surface area contributed by atoms with Gasteiger partial charge in [0.15, 0.2) is 5.78 Å². The number of alkyl halides is 3. The highest BCUT2D eigenvalue weighted by Crippen LogP contribution is 2.33. The first-order valence-electron chi connectivity index (χ1n) is 7.04. The van der Waals surface area contributed by atoms with Crippen molar-refractivity contribution >= 4 is 22.8 Å². The van der Waals surface area contributed by atoms with Crippen molar-refractivity contribution in [2.75, 3.05) is 0 Å². The quantitative estimate of drug-likeness (QED) is 0.523. The van der Waals surface area contributed by atoms with Gasteiger partial charge in [-0.2, -0.15) is 13.2 Å². The second-order valence-corrected chi connectivity index (χ2v) is 5.04. The van der Waals surface area contributed by atoms with Gasteiger partial charge in [0.05, 0.1) is 16.8 Å². The van der Waals surface area contributed by atoms with Gasteiger partial charge < -0.3 is 0 Å². The summed E-state index contributed by atoms with van der Waals surface area (Å²) in [6.45, 7) is 0. The van der Waals surface area contributed by atoms with Crippen molar-refractivity contribution in [3.63, 3.8) is 0 Å². The summed E-state index contributed by atoms with van der Waals surface area (Å²) in [6, 6.07) is 10.1. The molecule has 0 radical (unpaired) electrons. The van der Waals surface area contributed by atoms with Crippen LogP contribution in [0.5, 0.6) is 0 Å². The van der Waals surface area contributed by atoms with Crippen molar-refractivity contribution in [3.8, 4) is 0 Å². The maximum Gasteiger partial charge on any atom is 0.418 e. The van der Waals surface area contributed by atoms with Crippen LogP contribution in [-0.4, -0.2) is 15.8 Å². The number of hydrogen-bond donors (Lipinski definition) is 0. The zero-order valence-corrected chi connectivity index (χ0v) is 12.3. The number of carbonyl (C=O) groups is 1. The summed E-state index contributed by atoms with van der Waals surface area (Å²) >= 11 is 0. The molecule has 2 heterocycles. The van der Waals surface area contributed by atoms with Gasteiger partial charge in [0, 0.05) is 23.3 Å². The number of pyridine rings is 2. The number of fused-ring (bicyclic) bond motifs is 1.